The summed E-state index contributed by atoms with van der Waals surface area (Å²) < 4.78 is 86.9. The van der Waals surface area contributed by atoms with Crippen molar-refractivity contribution in [2.75, 3.05) is 24.7 Å². The number of benzene rings is 1. The third kappa shape index (κ3) is 8.51. The highest BCUT2D eigenvalue weighted by Crippen LogP contribution is 2.62. The maximum absolute atomic E-state index is 13.6. The van der Waals surface area contributed by atoms with Gasteiger partial charge in [-0.05, 0) is 104 Å². The summed E-state index contributed by atoms with van der Waals surface area (Å²) in [6.07, 6.45) is 2.74. The van der Waals surface area contributed by atoms with Gasteiger partial charge in [-0.15, -0.1) is 0 Å². The molecular weight excluding hydrogens is 627 g/mol. The van der Waals surface area contributed by atoms with E-state index in [1.807, 2.05) is 18.2 Å². The molecule has 2 unspecified atom stereocenters. The highest BCUT2D eigenvalue weighted by molar-refractivity contribution is 7.91. The minimum absolute atomic E-state index is 0.0517. The van der Waals surface area contributed by atoms with Gasteiger partial charge in [0.2, 0.25) is 0 Å². The Morgan fingerprint density at radius 1 is 1.14 bits per heavy atom. The molecule has 2 saturated carbocycles. The van der Waals surface area contributed by atoms with Crippen LogP contribution in [-0.2, 0) is 26.7 Å². The van der Waals surface area contributed by atoms with Crippen molar-refractivity contribution in [1.82, 2.24) is 0 Å². The van der Waals surface area contributed by atoms with Gasteiger partial charge >= 0.3 is 19.7 Å². The fraction of sp³-hybridized carbons (Fsp3) is 0.800. The number of alkyl halides is 4. The number of aliphatic hydroxyl groups excluding tert-OH is 2. The van der Waals surface area contributed by atoms with Gasteiger partial charge in [0.1, 0.15) is 30.0 Å². The average Bonchev–Trinajstić information content (AvgIpc) is 3.23. The van der Waals surface area contributed by atoms with E-state index in [1.54, 1.807) is 0 Å². The number of rotatable bonds is 15. The van der Waals surface area contributed by atoms with Gasteiger partial charge in [-0.3, -0.25) is 4.52 Å². The smallest absolute Gasteiger partial charge is 0.469 e. The van der Waals surface area contributed by atoms with Crippen LogP contribution >= 0.6 is 7.82 Å². The lowest BCUT2D eigenvalue weighted by atomic mass is 9.52. The largest absolute Gasteiger partial charge is 0.616 e. The van der Waals surface area contributed by atoms with Crippen molar-refractivity contribution in [2.24, 2.45) is 23.2 Å². The Hall–Kier alpha value is -0.920. The Bertz CT molecular complexity index is 1170. The molecule has 0 radical (unpaired) electrons. The maximum Gasteiger partial charge on any atom is 0.469 e. The van der Waals surface area contributed by atoms with E-state index < -0.39 is 50.0 Å². The number of ether oxygens (including phenoxy) is 1. The van der Waals surface area contributed by atoms with Crippen LogP contribution in [-0.4, -0.2) is 73.3 Å². The van der Waals surface area contributed by atoms with Crippen LogP contribution in [0.25, 0.3) is 0 Å². The molecule has 0 aliphatic heterocycles. The molecule has 4 N–H and O–H groups in total. The topological polar surface area (TPSA) is 140 Å². The second-order valence-electron chi connectivity index (χ2n) is 13.2. The van der Waals surface area contributed by atoms with Gasteiger partial charge < -0.3 is 29.3 Å². The predicted molar refractivity (Wildman–Crippen MR) is 157 cm³/mol. The quantitative estimate of drug-likeness (QED) is 0.108. The van der Waals surface area contributed by atoms with Crippen LogP contribution < -0.4 is 4.74 Å². The number of phosphoric acid groups is 1. The number of halogens is 4. The van der Waals surface area contributed by atoms with Gasteiger partial charge in [0.05, 0.1) is 12.7 Å². The summed E-state index contributed by atoms with van der Waals surface area (Å²) in [5.41, 5.74) is 2.16. The second-order valence-corrected chi connectivity index (χ2v) is 16.1. The van der Waals surface area contributed by atoms with Crippen LogP contribution in [0, 0.1) is 23.2 Å². The molecular formula is C30H45F4O8PS. The molecule has 8 atom stereocenters. The molecule has 0 spiro atoms. The summed E-state index contributed by atoms with van der Waals surface area (Å²) in [4.78, 5) is 17.7. The lowest BCUT2D eigenvalue weighted by Crippen LogP contribution is -2.47. The molecule has 2 fully saturated rings. The average molecular weight is 673 g/mol. The van der Waals surface area contributed by atoms with Crippen molar-refractivity contribution < 1.29 is 55.9 Å². The molecule has 14 heteroatoms. The van der Waals surface area contributed by atoms with Crippen molar-refractivity contribution >= 4 is 19.0 Å². The van der Waals surface area contributed by atoms with E-state index in [9.17, 15) is 36.9 Å². The first kappa shape index (κ1) is 35.9. The highest BCUT2D eigenvalue weighted by Gasteiger charge is 2.56. The van der Waals surface area contributed by atoms with E-state index in [-0.39, 0.29) is 49.1 Å². The van der Waals surface area contributed by atoms with Crippen LogP contribution in [0.15, 0.2) is 18.2 Å². The van der Waals surface area contributed by atoms with Crippen molar-refractivity contribution in [3.8, 4) is 5.75 Å². The molecule has 0 bridgehead atoms. The molecule has 4 rings (SSSR count). The Morgan fingerprint density at radius 3 is 2.52 bits per heavy atom. The summed E-state index contributed by atoms with van der Waals surface area (Å²) in [5.74, 6) is -6.35. The zero-order chi connectivity index (χ0) is 32.5. The standard InChI is InChI=1S/C30H45F4O8PS/c1-28-12-10-24-23-7-6-22(41-17-21(35)18-42-43(37,38)39)16-20(23)15-19(27(24)25(28)8-9-26(28)36)5-3-13-44(40)14-4-11-30(33,34)29(2,31)32/h6-7,16,19,21,24-27,35-36H,3-5,8-15,17-18H2,1-2H3,(H2,37,38,39)/t19-,21?,24-,25+,26+,27-,28+,44?/m1/s1. The van der Waals surface area contributed by atoms with E-state index in [0.717, 1.165) is 44.1 Å². The Kier molecular flexibility index (Phi) is 11.5. The molecule has 0 aromatic heterocycles. The summed E-state index contributed by atoms with van der Waals surface area (Å²) in [6, 6.07) is 5.79. The molecule has 44 heavy (non-hydrogen) atoms. The van der Waals surface area contributed by atoms with Crippen molar-refractivity contribution in [1.29, 1.82) is 0 Å². The lowest BCUT2D eigenvalue weighted by molar-refractivity contribution is -0.200. The molecule has 3 aliphatic rings. The van der Waals surface area contributed by atoms with Crippen LogP contribution in [0.3, 0.4) is 0 Å². The number of fused-ring (bicyclic) bond motifs is 5. The lowest BCUT2D eigenvalue weighted by Gasteiger charge is -2.53. The van der Waals surface area contributed by atoms with E-state index in [0.29, 0.717) is 29.8 Å². The minimum atomic E-state index is -4.71. The SMILES string of the molecule is CC(F)(F)C(F)(F)CCC[S+]([O-])CCC[C@@H]1Cc2cc(OCC(O)COP(=O)(O)O)ccc2[C@H]2CC[C@]3(C)[C@@H](O)CC[C@H]3[C@H]12. The van der Waals surface area contributed by atoms with Crippen molar-refractivity contribution in [3.63, 3.8) is 0 Å². The van der Waals surface area contributed by atoms with Gasteiger partial charge in [0.25, 0.3) is 0 Å². The first-order valence-electron chi connectivity index (χ1n) is 15.3. The Labute approximate surface area is 259 Å². The Balaban J connectivity index is 1.41. The molecule has 3 aliphatic carbocycles. The fourth-order valence-electron chi connectivity index (χ4n) is 7.82. The number of aliphatic hydroxyl groups is 2. The first-order chi connectivity index (χ1) is 20.4. The van der Waals surface area contributed by atoms with Gasteiger partial charge in [-0.25, -0.2) is 13.3 Å². The van der Waals surface area contributed by atoms with E-state index in [1.165, 1.54) is 5.56 Å². The van der Waals surface area contributed by atoms with Crippen molar-refractivity contribution in [2.45, 2.75) is 102 Å². The van der Waals surface area contributed by atoms with Gasteiger partial charge in [0, 0.05) is 13.3 Å². The molecule has 1 aromatic carbocycles. The zero-order valence-corrected chi connectivity index (χ0v) is 26.9. The maximum atomic E-state index is 13.6. The van der Waals surface area contributed by atoms with E-state index in [4.69, 9.17) is 14.5 Å². The summed E-state index contributed by atoms with van der Waals surface area (Å²) in [5, 5.41) is 20.9. The summed E-state index contributed by atoms with van der Waals surface area (Å²) in [6.45, 7) is 1.58. The molecule has 8 nitrogen and oxygen atoms in total. The fourth-order valence-corrected chi connectivity index (χ4v) is 9.34. The third-order valence-electron chi connectivity index (χ3n) is 10.2. The number of hydrogen-bond acceptors (Lipinski definition) is 6. The molecule has 0 amide bonds. The van der Waals surface area contributed by atoms with Crippen molar-refractivity contribution in [3.05, 3.63) is 29.3 Å². The van der Waals surface area contributed by atoms with Gasteiger partial charge in [-0.1, -0.05) is 24.2 Å². The van der Waals surface area contributed by atoms with Gasteiger partial charge in [0.15, 0.2) is 0 Å². The Morgan fingerprint density at radius 2 is 1.84 bits per heavy atom. The van der Waals surface area contributed by atoms with Crippen LogP contribution in [0.4, 0.5) is 17.6 Å². The zero-order valence-electron chi connectivity index (χ0n) is 25.2. The minimum Gasteiger partial charge on any atom is -0.616 e. The van der Waals surface area contributed by atoms with Crippen LogP contribution in [0.5, 0.6) is 5.75 Å². The molecule has 0 saturated heterocycles. The predicted octanol–water partition coefficient (Wildman–Crippen LogP) is 5.58. The second kappa shape index (κ2) is 14.1. The molecule has 1 aromatic rings. The monoisotopic (exact) mass is 672 g/mol. The normalized spacial score (nSPS) is 30.3. The van der Waals surface area contributed by atoms with E-state index >= 15 is 0 Å². The summed E-state index contributed by atoms with van der Waals surface area (Å²) >= 11 is -1.40. The van der Waals surface area contributed by atoms with Crippen LogP contribution in [0.1, 0.15) is 82.3 Å². The third-order valence-corrected chi connectivity index (χ3v) is 12.1. The summed E-state index contributed by atoms with van der Waals surface area (Å²) in [7, 11) is -4.71. The highest BCUT2D eigenvalue weighted by atomic mass is 32.2. The molecule has 252 valence electrons. The van der Waals surface area contributed by atoms with E-state index in [2.05, 4.69) is 11.4 Å². The molecule has 0 heterocycles. The van der Waals surface area contributed by atoms with Gasteiger partial charge in [-0.2, -0.15) is 8.78 Å². The number of hydrogen-bond donors (Lipinski definition) is 4. The number of phosphoric ester groups is 1. The first-order valence-corrected chi connectivity index (χ1v) is 18.4. The van der Waals surface area contributed by atoms with Crippen LogP contribution in [0.2, 0.25) is 0 Å².